The maximum Gasteiger partial charge on any atom is 0.325 e. The molecule has 1 aliphatic heterocycles. The highest BCUT2D eigenvalue weighted by Gasteiger charge is 2.33. The van der Waals surface area contributed by atoms with Gasteiger partial charge >= 0.3 is 5.97 Å². The second-order valence-corrected chi connectivity index (χ2v) is 7.10. The summed E-state index contributed by atoms with van der Waals surface area (Å²) in [5.41, 5.74) is 6.81. The third-order valence-corrected chi connectivity index (χ3v) is 4.89. The monoisotopic (exact) mass is 423 g/mol. The van der Waals surface area contributed by atoms with Crippen LogP contribution in [0.1, 0.15) is 18.9 Å². The molecule has 5 nitrogen and oxygen atoms in total. The van der Waals surface area contributed by atoms with Gasteiger partial charge in [-0.15, -0.1) is 12.4 Å². The highest BCUT2D eigenvalue weighted by atomic mass is 35.5. The first-order valence-corrected chi connectivity index (χ1v) is 9.53. The lowest BCUT2D eigenvalue weighted by Crippen LogP contribution is -2.46. The first kappa shape index (κ1) is 23.1. The van der Waals surface area contributed by atoms with Crippen LogP contribution in [-0.2, 0) is 20.7 Å². The predicted octanol–water partition coefficient (Wildman–Crippen LogP) is 3.53. The molecule has 1 aliphatic rings. The minimum Gasteiger partial charge on any atom is -0.486 e. The molecule has 0 amide bonds. The molecule has 29 heavy (non-hydrogen) atoms. The fourth-order valence-electron chi connectivity index (χ4n) is 3.39. The van der Waals surface area contributed by atoms with Gasteiger partial charge in [0.1, 0.15) is 29.8 Å². The second kappa shape index (κ2) is 11.1. The van der Waals surface area contributed by atoms with E-state index in [1.165, 1.54) is 12.1 Å². The molecule has 0 aliphatic carbocycles. The number of para-hydroxylation sites is 1. The van der Waals surface area contributed by atoms with Gasteiger partial charge < -0.3 is 19.9 Å². The Kier molecular flexibility index (Phi) is 8.89. The van der Waals surface area contributed by atoms with Crippen molar-refractivity contribution in [1.82, 2.24) is 0 Å². The van der Waals surface area contributed by atoms with Gasteiger partial charge in [0, 0.05) is 12.5 Å². The standard InChI is InChI=1S/C22H26FNO4.ClH/c1-15-21(28-19-5-3-2-4-6-19)17(13-16-7-9-18(23)10-8-16)11-12-26-14-20(24)22(25)27-15;/h2-10,15,17,20-21H,11-14,24H2,1H3;1H/t15-,17+,20-,21-;/m0./s1. The lowest BCUT2D eigenvalue weighted by molar-refractivity contribution is -0.159. The molecule has 0 spiro atoms. The van der Waals surface area contributed by atoms with Crippen LogP contribution in [0.2, 0.25) is 0 Å². The van der Waals surface area contributed by atoms with E-state index >= 15 is 0 Å². The van der Waals surface area contributed by atoms with E-state index < -0.39 is 24.2 Å². The van der Waals surface area contributed by atoms with Crippen molar-refractivity contribution in [3.63, 3.8) is 0 Å². The van der Waals surface area contributed by atoms with E-state index in [0.717, 1.165) is 5.56 Å². The molecule has 0 unspecified atom stereocenters. The number of hydrogen-bond donors (Lipinski definition) is 1. The average molecular weight is 424 g/mol. The van der Waals surface area contributed by atoms with Crippen molar-refractivity contribution in [2.75, 3.05) is 13.2 Å². The van der Waals surface area contributed by atoms with Crippen molar-refractivity contribution in [3.8, 4) is 5.75 Å². The number of rotatable bonds is 4. The van der Waals surface area contributed by atoms with E-state index in [0.29, 0.717) is 25.2 Å². The van der Waals surface area contributed by atoms with Crippen molar-refractivity contribution < 1.29 is 23.4 Å². The quantitative estimate of drug-likeness (QED) is 0.762. The number of hydrogen-bond acceptors (Lipinski definition) is 5. The normalized spacial score (nSPS) is 25.4. The topological polar surface area (TPSA) is 70.8 Å². The van der Waals surface area contributed by atoms with Crippen LogP contribution in [0.3, 0.4) is 0 Å². The van der Waals surface area contributed by atoms with Gasteiger partial charge in [-0.3, -0.25) is 4.79 Å². The molecule has 1 saturated heterocycles. The van der Waals surface area contributed by atoms with Crippen LogP contribution in [0, 0.1) is 11.7 Å². The molecule has 158 valence electrons. The molecular formula is C22H27ClFNO4. The van der Waals surface area contributed by atoms with Crippen LogP contribution in [0.25, 0.3) is 0 Å². The molecule has 7 heteroatoms. The molecule has 2 N–H and O–H groups in total. The summed E-state index contributed by atoms with van der Waals surface area (Å²) >= 11 is 0. The number of carbonyl (C=O) groups excluding carboxylic acids is 1. The van der Waals surface area contributed by atoms with E-state index in [1.54, 1.807) is 12.1 Å². The zero-order valence-corrected chi connectivity index (χ0v) is 17.1. The first-order chi connectivity index (χ1) is 13.5. The van der Waals surface area contributed by atoms with Crippen LogP contribution in [0.4, 0.5) is 4.39 Å². The van der Waals surface area contributed by atoms with Crippen LogP contribution in [0.5, 0.6) is 5.75 Å². The summed E-state index contributed by atoms with van der Waals surface area (Å²) in [6.07, 6.45) is 0.450. The largest absolute Gasteiger partial charge is 0.486 e. The summed E-state index contributed by atoms with van der Waals surface area (Å²) < 4.78 is 30.7. The second-order valence-electron chi connectivity index (χ2n) is 7.10. The number of benzene rings is 2. The summed E-state index contributed by atoms with van der Waals surface area (Å²) in [4.78, 5) is 12.2. The van der Waals surface area contributed by atoms with Gasteiger partial charge in [-0.05, 0) is 49.6 Å². The lowest BCUT2D eigenvalue weighted by atomic mass is 9.88. The third kappa shape index (κ3) is 6.70. The minimum absolute atomic E-state index is 0. The molecule has 3 rings (SSSR count). The number of cyclic esters (lactones) is 1. The number of halogens is 2. The molecule has 0 aromatic heterocycles. The Balaban J connectivity index is 0.00000300. The highest BCUT2D eigenvalue weighted by molar-refractivity contribution is 5.85. The summed E-state index contributed by atoms with van der Waals surface area (Å²) in [6, 6.07) is 15.0. The van der Waals surface area contributed by atoms with E-state index in [4.69, 9.17) is 19.9 Å². The van der Waals surface area contributed by atoms with Gasteiger partial charge in [0.05, 0.1) is 6.61 Å². The first-order valence-electron chi connectivity index (χ1n) is 9.53. The fraction of sp³-hybridized carbons (Fsp3) is 0.409. The minimum atomic E-state index is -0.812. The number of nitrogens with two attached hydrogens (primary N) is 1. The Hall–Kier alpha value is -2.15. The zero-order chi connectivity index (χ0) is 19.9. The maximum absolute atomic E-state index is 13.3. The number of ether oxygens (including phenoxy) is 3. The van der Waals surface area contributed by atoms with Crippen LogP contribution in [0.15, 0.2) is 54.6 Å². The molecule has 4 atom stereocenters. The van der Waals surface area contributed by atoms with Crippen molar-refractivity contribution >= 4 is 18.4 Å². The molecule has 1 fully saturated rings. The Labute approximate surface area is 176 Å². The summed E-state index contributed by atoms with van der Waals surface area (Å²) in [6.45, 7) is 2.39. The Morgan fingerprint density at radius 1 is 1.14 bits per heavy atom. The van der Waals surface area contributed by atoms with Crippen molar-refractivity contribution in [2.24, 2.45) is 11.7 Å². The highest BCUT2D eigenvalue weighted by Crippen LogP contribution is 2.26. The fourth-order valence-corrected chi connectivity index (χ4v) is 3.39. The molecule has 0 bridgehead atoms. The van der Waals surface area contributed by atoms with Gasteiger partial charge in [0.25, 0.3) is 0 Å². The number of esters is 1. The Morgan fingerprint density at radius 2 is 1.83 bits per heavy atom. The molecule has 0 radical (unpaired) electrons. The van der Waals surface area contributed by atoms with Crippen molar-refractivity contribution in [3.05, 3.63) is 66.0 Å². The van der Waals surface area contributed by atoms with E-state index in [2.05, 4.69) is 0 Å². The molecule has 2 aromatic rings. The summed E-state index contributed by atoms with van der Waals surface area (Å²) in [7, 11) is 0. The summed E-state index contributed by atoms with van der Waals surface area (Å²) in [5, 5.41) is 0. The SMILES string of the molecule is C[C@@H]1OC(=O)[C@@H](N)COCC[C@H](Cc2ccc(F)cc2)[C@H]1Oc1ccccc1.Cl. The van der Waals surface area contributed by atoms with Gasteiger partial charge in [-0.1, -0.05) is 30.3 Å². The van der Waals surface area contributed by atoms with Gasteiger partial charge in [0.15, 0.2) is 0 Å². The van der Waals surface area contributed by atoms with Crippen LogP contribution in [-0.4, -0.2) is 37.4 Å². The predicted molar refractivity (Wildman–Crippen MR) is 111 cm³/mol. The van der Waals surface area contributed by atoms with Crippen molar-refractivity contribution in [1.29, 1.82) is 0 Å². The van der Waals surface area contributed by atoms with Gasteiger partial charge in [-0.25, -0.2) is 4.39 Å². The van der Waals surface area contributed by atoms with Crippen LogP contribution < -0.4 is 10.5 Å². The lowest BCUT2D eigenvalue weighted by Gasteiger charge is -2.33. The smallest absolute Gasteiger partial charge is 0.325 e. The maximum atomic E-state index is 13.3. The molecule has 0 saturated carbocycles. The molecular weight excluding hydrogens is 397 g/mol. The van der Waals surface area contributed by atoms with E-state index in [1.807, 2.05) is 37.3 Å². The summed E-state index contributed by atoms with van der Waals surface area (Å²) in [5.74, 6) is -0.0763. The van der Waals surface area contributed by atoms with Gasteiger partial charge in [0.2, 0.25) is 0 Å². The molecule has 2 aromatic carbocycles. The van der Waals surface area contributed by atoms with Crippen LogP contribution >= 0.6 is 12.4 Å². The Morgan fingerprint density at radius 3 is 2.52 bits per heavy atom. The molecule has 1 heterocycles. The Bertz CT molecular complexity index is 759. The average Bonchev–Trinajstić information content (AvgIpc) is 2.70. The zero-order valence-electron chi connectivity index (χ0n) is 16.3. The third-order valence-electron chi connectivity index (χ3n) is 4.89. The van der Waals surface area contributed by atoms with E-state index in [-0.39, 0.29) is 30.7 Å². The number of carbonyl (C=O) groups is 1. The van der Waals surface area contributed by atoms with E-state index in [9.17, 15) is 9.18 Å². The van der Waals surface area contributed by atoms with Gasteiger partial charge in [-0.2, -0.15) is 0 Å². The van der Waals surface area contributed by atoms with Crippen molar-refractivity contribution in [2.45, 2.75) is 38.0 Å².